The van der Waals surface area contributed by atoms with Gasteiger partial charge in [0.2, 0.25) is 0 Å². The summed E-state index contributed by atoms with van der Waals surface area (Å²) in [7, 11) is 0. The Morgan fingerprint density at radius 3 is 2.04 bits per heavy atom. The average Bonchev–Trinajstić information content (AvgIpc) is 2.59. The van der Waals surface area contributed by atoms with Gasteiger partial charge in [0.15, 0.2) is 0 Å². The molecule has 7 heteroatoms. The van der Waals surface area contributed by atoms with Crippen LogP contribution in [0.25, 0.3) is 0 Å². The molecule has 1 aromatic rings. The van der Waals surface area contributed by atoms with Gasteiger partial charge in [-0.3, -0.25) is 19.7 Å². The first kappa shape index (κ1) is 21.6. The highest BCUT2D eigenvalue weighted by molar-refractivity contribution is 5.94. The summed E-state index contributed by atoms with van der Waals surface area (Å²) in [5.41, 5.74) is 1.63. The second-order valence-electron chi connectivity index (χ2n) is 6.67. The van der Waals surface area contributed by atoms with E-state index in [0.29, 0.717) is 12.0 Å². The van der Waals surface area contributed by atoms with Gasteiger partial charge < -0.3 is 15.5 Å². The number of rotatable bonds is 11. The highest BCUT2D eigenvalue weighted by Crippen LogP contribution is 2.08. The summed E-state index contributed by atoms with van der Waals surface area (Å²) in [5.74, 6) is -2.39. The van der Waals surface area contributed by atoms with Crippen LogP contribution in [0.3, 0.4) is 0 Å². The van der Waals surface area contributed by atoms with Crippen LogP contribution in [0, 0.1) is 5.92 Å². The zero-order chi connectivity index (χ0) is 19.7. The van der Waals surface area contributed by atoms with Crippen LogP contribution < -0.4 is 10.6 Å². The van der Waals surface area contributed by atoms with Gasteiger partial charge in [0.25, 0.3) is 5.91 Å². The second kappa shape index (κ2) is 10.6. The summed E-state index contributed by atoms with van der Waals surface area (Å²) in [6.07, 6.45) is 1.31. The Bertz CT molecular complexity index is 613. The highest BCUT2D eigenvalue weighted by atomic mass is 16.4. The van der Waals surface area contributed by atoms with Crippen molar-refractivity contribution in [2.24, 2.45) is 5.92 Å². The van der Waals surface area contributed by atoms with E-state index in [9.17, 15) is 24.6 Å². The number of carboxylic acid groups (broad SMARTS) is 2. The monoisotopic (exact) mass is 364 g/mol. The topological polar surface area (TPSA) is 116 Å². The maximum atomic E-state index is 12.1. The van der Waals surface area contributed by atoms with E-state index in [4.69, 9.17) is 0 Å². The standard InChI is InChI=1S/C19H28N2O5/c1-4-13-5-7-14(8-6-13)17(22)20-10-9-15(18(23)24)21-16(19(25)26)11-12(2)3/h5-8,12,15-16,21H,4,9-11H2,1-3H3,(H,20,22)(H,23,24)(H,25,26). The SMILES string of the molecule is CCc1ccc(C(=O)NCCC(NC(CC(C)C)C(=O)O)C(=O)O)cc1. The minimum Gasteiger partial charge on any atom is -0.480 e. The number of hydrogen-bond donors (Lipinski definition) is 4. The van der Waals surface area contributed by atoms with Gasteiger partial charge in [0, 0.05) is 12.1 Å². The lowest BCUT2D eigenvalue weighted by molar-refractivity contribution is -0.143. The third kappa shape index (κ3) is 7.23. The van der Waals surface area contributed by atoms with Crippen LogP contribution in [0.15, 0.2) is 24.3 Å². The number of amides is 1. The fourth-order valence-electron chi connectivity index (χ4n) is 2.56. The smallest absolute Gasteiger partial charge is 0.320 e. The Morgan fingerprint density at radius 2 is 1.58 bits per heavy atom. The Labute approximate surface area is 153 Å². The van der Waals surface area contributed by atoms with E-state index in [1.54, 1.807) is 12.1 Å². The number of nitrogens with one attached hydrogen (secondary N) is 2. The zero-order valence-corrected chi connectivity index (χ0v) is 15.5. The lowest BCUT2D eigenvalue weighted by Gasteiger charge is -2.21. The van der Waals surface area contributed by atoms with Crippen molar-refractivity contribution in [1.82, 2.24) is 10.6 Å². The Morgan fingerprint density at radius 1 is 1.00 bits per heavy atom. The second-order valence-corrected chi connectivity index (χ2v) is 6.67. The van der Waals surface area contributed by atoms with Crippen molar-refractivity contribution in [2.75, 3.05) is 6.54 Å². The minimum atomic E-state index is -1.14. The van der Waals surface area contributed by atoms with Gasteiger partial charge in [-0.15, -0.1) is 0 Å². The third-order valence-corrected chi connectivity index (χ3v) is 4.05. The van der Waals surface area contributed by atoms with E-state index in [1.807, 2.05) is 32.9 Å². The molecule has 0 aliphatic rings. The molecule has 0 radical (unpaired) electrons. The Balaban J connectivity index is 2.58. The van der Waals surface area contributed by atoms with Crippen molar-refractivity contribution in [3.63, 3.8) is 0 Å². The molecule has 0 spiro atoms. The maximum absolute atomic E-state index is 12.1. The summed E-state index contributed by atoms with van der Waals surface area (Å²) >= 11 is 0. The van der Waals surface area contributed by atoms with Crippen LogP contribution >= 0.6 is 0 Å². The summed E-state index contributed by atoms with van der Waals surface area (Å²) < 4.78 is 0. The summed E-state index contributed by atoms with van der Waals surface area (Å²) in [5, 5.41) is 23.9. The Kier molecular flexibility index (Phi) is 8.78. The summed E-state index contributed by atoms with van der Waals surface area (Å²) in [4.78, 5) is 34.8. The van der Waals surface area contributed by atoms with Crippen LogP contribution in [0.5, 0.6) is 0 Å². The number of hydrogen-bond acceptors (Lipinski definition) is 4. The molecule has 1 aromatic carbocycles. The van der Waals surface area contributed by atoms with E-state index in [0.717, 1.165) is 12.0 Å². The van der Waals surface area contributed by atoms with E-state index in [1.165, 1.54) is 0 Å². The molecule has 0 fully saturated rings. The van der Waals surface area contributed by atoms with E-state index in [2.05, 4.69) is 10.6 Å². The first-order chi connectivity index (χ1) is 12.2. The quantitative estimate of drug-likeness (QED) is 0.477. The Hall–Kier alpha value is -2.41. The van der Waals surface area contributed by atoms with Crippen LogP contribution in [-0.4, -0.2) is 46.7 Å². The molecular formula is C19H28N2O5. The number of carbonyl (C=O) groups excluding carboxylic acids is 1. The van der Waals surface area contributed by atoms with Gasteiger partial charge in [-0.05, 0) is 42.9 Å². The molecule has 0 aliphatic carbocycles. The molecule has 0 aromatic heterocycles. The minimum absolute atomic E-state index is 0.0932. The number of aliphatic carboxylic acids is 2. The number of benzene rings is 1. The lowest BCUT2D eigenvalue weighted by Crippen LogP contribution is -2.49. The van der Waals surface area contributed by atoms with Crippen LogP contribution in [0.2, 0.25) is 0 Å². The van der Waals surface area contributed by atoms with Crippen LogP contribution in [0.4, 0.5) is 0 Å². The molecule has 0 saturated heterocycles. The normalized spacial score (nSPS) is 13.2. The lowest BCUT2D eigenvalue weighted by atomic mass is 10.0. The van der Waals surface area contributed by atoms with Crippen molar-refractivity contribution in [3.8, 4) is 0 Å². The molecular weight excluding hydrogens is 336 g/mol. The van der Waals surface area contributed by atoms with Crippen molar-refractivity contribution >= 4 is 17.8 Å². The molecule has 144 valence electrons. The third-order valence-electron chi connectivity index (χ3n) is 4.05. The van der Waals surface area contributed by atoms with Gasteiger partial charge in [-0.2, -0.15) is 0 Å². The highest BCUT2D eigenvalue weighted by Gasteiger charge is 2.26. The zero-order valence-electron chi connectivity index (χ0n) is 15.5. The molecule has 4 N–H and O–H groups in total. The fraction of sp³-hybridized carbons (Fsp3) is 0.526. The summed E-state index contributed by atoms with van der Waals surface area (Å²) in [6.45, 7) is 5.90. The first-order valence-electron chi connectivity index (χ1n) is 8.83. The van der Waals surface area contributed by atoms with Gasteiger partial charge in [0.05, 0.1) is 0 Å². The molecule has 7 nitrogen and oxygen atoms in total. The maximum Gasteiger partial charge on any atom is 0.320 e. The molecule has 0 aliphatic heterocycles. The number of carboxylic acids is 2. The number of aryl methyl sites for hydroxylation is 1. The van der Waals surface area contributed by atoms with Crippen LogP contribution in [0.1, 0.15) is 49.5 Å². The number of carbonyl (C=O) groups is 3. The van der Waals surface area contributed by atoms with Crippen LogP contribution in [-0.2, 0) is 16.0 Å². The van der Waals surface area contributed by atoms with Gasteiger partial charge in [-0.25, -0.2) is 0 Å². The van der Waals surface area contributed by atoms with Gasteiger partial charge >= 0.3 is 11.9 Å². The predicted octanol–water partition coefficient (Wildman–Crippen LogP) is 1.91. The van der Waals surface area contributed by atoms with Crippen molar-refractivity contribution < 1.29 is 24.6 Å². The van der Waals surface area contributed by atoms with Crippen molar-refractivity contribution in [2.45, 2.75) is 52.1 Å². The van der Waals surface area contributed by atoms with Gasteiger partial charge in [0.1, 0.15) is 12.1 Å². The predicted molar refractivity (Wildman–Crippen MR) is 98.2 cm³/mol. The molecule has 0 saturated carbocycles. The fourth-order valence-corrected chi connectivity index (χ4v) is 2.56. The molecule has 1 rings (SSSR count). The first-order valence-corrected chi connectivity index (χ1v) is 8.83. The largest absolute Gasteiger partial charge is 0.480 e. The van der Waals surface area contributed by atoms with E-state index >= 15 is 0 Å². The average molecular weight is 364 g/mol. The molecule has 0 bridgehead atoms. The molecule has 1 amide bonds. The van der Waals surface area contributed by atoms with E-state index < -0.39 is 24.0 Å². The molecule has 2 atom stereocenters. The molecule has 0 heterocycles. The van der Waals surface area contributed by atoms with Crippen molar-refractivity contribution in [1.29, 1.82) is 0 Å². The van der Waals surface area contributed by atoms with Gasteiger partial charge in [-0.1, -0.05) is 32.9 Å². The summed E-state index contributed by atoms with van der Waals surface area (Å²) in [6, 6.07) is 5.22. The van der Waals surface area contributed by atoms with E-state index in [-0.39, 0.29) is 24.8 Å². The molecule has 26 heavy (non-hydrogen) atoms. The molecule has 2 unspecified atom stereocenters. The van der Waals surface area contributed by atoms with Crippen molar-refractivity contribution in [3.05, 3.63) is 35.4 Å².